The molecule has 0 aliphatic heterocycles. The first kappa shape index (κ1) is 24.4. The Morgan fingerprint density at radius 2 is 1.79 bits per heavy atom. The normalized spacial score (nSPS) is 12.8. The minimum atomic E-state index is -3.70. The van der Waals surface area contributed by atoms with Crippen molar-refractivity contribution in [3.8, 4) is 0 Å². The second kappa shape index (κ2) is 11.4. The van der Waals surface area contributed by atoms with E-state index in [0.29, 0.717) is 5.96 Å². The number of benzene rings is 2. The molecule has 1 atom stereocenters. The maximum atomic E-state index is 13.7. The summed E-state index contributed by atoms with van der Waals surface area (Å²) < 4.78 is 38.3. The lowest BCUT2D eigenvalue weighted by Gasteiger charge is -2.18. The van der Waals surface area contributed by atoms with Crippen LogP contribution in [0.2, 0.25) is 0 Å². The van der Waals surface area contributed by atoms with Crippen molar-refractivity contribution >= 4 is 39.8 Å². The third-order valence-corrected chi connectivity index (χ3v) is 6.04. The fourth-order valence-electron chi connectivity index (χ4n) is 2.64. The average Bonchev–Trinajstić information content (AvgIpc) is 2.67. The van der Waals surface area contributed by atoms with E-state index in [2.05, 4.69) is 46.8 Å². The van der Waals surface area contributed by atoms with Crippen LogP contribution in [0.1, 0.15) is 31.0 Å². The van der Waals surface area contributed by atoms with Gasteiger partial charge in [0.2, 0.25) is 0 Å². The molecule has 0 radical (unpaired) electrons. The summed E-state index contributed by atoms with van der Waals surface area (Å²) in [7, 11) is -2.08. The van der Waals surface area contributed by atoms with Gasteiger partial charge in [0, 0.05) is 13.6 Å². The first-order valence-corrected chi connectivity index (χ1v) is 10.6. The zero-order valence-corrected chi connectivity index (χ0v) is 19.4. The minimum absolute atomic E-state index is 0. The molecule has 2 aromatic rings. The number of halogens is 2. The predicted molar refractivity (Wildman–Crippen MR) is 123 cm³/mol. The zero-order chi connectivity index (χ0) is 19.9. The molecule has 0 amide bonds. The van der Waals surface area contributed by atoms with Gasteiger partial charge >= 0.3 is 0 Å². The molecule has 0 saturated heterocycles. The first-order valence-electron chi connectivity index (χ1n) is 8.90. The number of aryl methyl sites for hydroxylation is 1. The highest BCUT2D eigenvalue weighted by atomic mass is 127. The fraction of sp³-hybridized carbons (Fsp3) is 0.350. The number of sulfone groups is 1. The Hall–Kier alpha value is -1.68. The van der Waals surface area contributed by atoms with E-state index >= 15 is 0 Å². The Labute approximate surface area is 183 Å². The highest BCUT2D eigenvalue weighted by Gasteiger charge is 2.18. The van der Waals surface area contributed by atoms with E-state index in [-0.39, 0.29) is 47.2 Å². The summed E-state index contributed by atoms with van der Waals surface area (Å²) in [6, 6.07) is 13.7. The number of nitrogens with zero attached hydrogens (tertiary/aromatic N) is 1. The molecular formula is C20H27FIN3O2S. The zero-order valence-electron chi connectivity index (χ0n) is 16.3. The topological polar surface area (TPSA) is 70.6 Å². The number of nitrogens with one attached hydrogen (secondary N) is 2. The number of rotatable bonds is 7. The molecule has 0 aromatic heterocycles. The molecule has 0 bridgehead atoms. The third-order valence-electron chi connectivity index (χ3n) is 4.30. The van der Waals surface area contributed by atoms with Gasteiger partial charge in [-0.2, -0.15) is 0 Å². The van der Waals surface area contributed by atoms with Crippen molar-refractivity contribution in [3.05, 3.63) is 65.5 Å². The van der Waals surface area contributed by atoms with Gasteiger partial charge in [-0.05, 0) is 36.6 Å². The molecule has 28 heavy (non-hydrogen) atoms. The molecule has 8 heteroatoms. The van der Waals surface area contributed by atoms with E-state index in [1.165, 1.54) is 23.8 Å². The minimum Gasteiger partial charge on any atom is -0.355 e. The monoisotopic (exact) mass is 519 g/mol. The molecule has 0 aliphatic rings. The molecular weight excluding hydrogens is 492 g/mol. The Balaban J connectivity index is 0.00000392. The number of hydrogen-bond acceptors (Lipinski definition) is 3. The smallest absolute Gasteiger partial charge is 0.191 e. The van der Waals surface area contributed by atoms with Gasteiger partial charge in [-0.1, -0.05) is 43.3 Å². The Morgan fingerprint density at radius 3 is 2.36 bits per heavy atom. The third kappa shape index (κ3) is 6.73. The molecule has 2 aromatic carbocycles. The second-order valence-electron chi connectivity index (χ2n) is 6.21. The van der Waals surface area contributed by atoms with Crippen LogP contribution in [0.15, 0.2) is 58.4 Å². The van der Waals surface area contributed by atoms with Crippen molar-refractivity contribution in [3.63, 3.8) is 0 Å². The van der Waals surface area contributed by atoms with Crippen LogP contribution in [0.3, 0.4) is 0 Å². The lowest BCUT2D eigenvalue weighted by atomic mass is 10.1. The largest absolute Gasteiger partial charge is 0.355 e. The van der Waals surface area contributed by atoms with Crippen LogP contribution >= 0.6 is 24.0 Å². The summed E-state index contributed by atoms with van der Waals surface area (Å²) in [4.78, 5) is 3.84. The van der Waals surface area contributed by atoms with Crippen molar-refractivity contribution in [1.82, 2.24) is 10.6 Å². The molecule has 0 saturated carbocycles. The van der Waals surface area contributed by atoms with Crippen LogP contribution in [-0.4, -0.2) is 33.7 Å². The lowest BCUT2D eigenvalue weighted by molar-refractivity contribution is 0.566. The quantitative estimate of drug-likeness (QED) is 0.333. The molecule has 0 aliphatic carbocycles. The van der Waals surface area contributed by atoms with E-state index in [1.807, 2.05) is 6.92 Å². The molecule has 154 valence electrons. The van der Waals surface area contributed by atoms with Gasteiger partial charge in [0.1, 0.15) is 10.7 Å². The summed E-state index contributed by atoms with van der Waals surface area (Å²) in [6.45, 7) is 4.24. The van der Waals surface area contributed by atoms with Gasteiger partial charge in [0.25, 0.3) is 0 Å². The summed E-state index contributed by atoms with van der Waals surface area (Å²) in [5.74, 6) is -0.469. The summed E-state index contributed by atoms with van der Waals surface area (Å²) in [6.07, 6.45) is 0.988. The van der Waals surface area contributed by atoms with Crippen LogP contribution in [0, 0.1) is 5.82 Å². The highest BCUT2D eigenvalue weighted by molar-refractivity contribution is 14.0. The SMILES string of the molecule is CCc1ccc(C(C)NC(=NC)NCCS(=O)(=O)c2ccccc2F)cc1.I. The average molecular weight is 519 g/mol. The number of aliphatic imine (C=N–C) groups is 1. The van der Waals surface area contributed by atoms with E-state index in [0.717, 1.165) is 18.1 Å². The van der Waals surface area contributed by atoms with E-state index in [9.17, 15) is 12.8 Å². The Morgan fingerprint density at radius 1 is 1.14 bits per heavy atom. The fourth-order valence-corrected chi connectivity index (χ4v) is 3.88. The van der Waals surface area contributed by atoms with Crippen molar-refractivity contribution in [2.24, 2.45) is 4.99 Å². The summed E-state index contributed by atoms with van der Waals surface area (Å²) in [5, 5.41) is 6.20. The molecule has 2 rings (SSSR count). The van der Waals surface area contributed by atoms with Crippen LogP contribution in [0.5, 0.6) is 0 Å². The van der Waals surface area contributed by atoms with E-state index in [4.69, 9.17) is 0 Å². The highest BCUT2D eigenvalue weighted by Crippen LogP contribution is 2.15. The van der Waals surface area contributed by atoms with Crippen LogP contribution < -0.4 is 10.6 Å². The van der Waals surface area contributed by atoms with Crippen LogP contribution in [0.25, 0.3) is 0 Å². The number of hydrogen-bond donors (Lipinski definition) is 2. The van der Waals surface area contributed by atoms with Crippen molar-refractivity contribution in [2.45, 2.75) is 31.2 Å². The van der Waals surface area contributed by atoms with Gasteiger partial charge in [-0.25, -0.2) is 12.8 Å². The lowest BCUT2D eigenvalue weighted by Crippen LogP contribution is -2.40. The Bertz CT molecular complexity index is 887. The number of guanidine groups is 1. The maximum absolute atomic E-state index is 13.7. The summed E-state index contributed by atoms with van der Waals surface area (Å²) in [5.41, 5.74) is 2.38. The van der Waals surface area contributed by atoms with Gasteiger partial charge in [-0.3, -0.25) is 4.99 Å². The Kier molecular flexibility index (Phi) is 9.88. The molecule has 1 unspecified atom stereocenters. The van der Waals surface area contributed by atoms with Crippen molar-refractivity contribution in [2.75, 3.05) is 19.3 Å². The molecule has 5 nitrogen and oxygen atoms in total. The van der Waals surface area contributed by atoms with Crippen molar-refractivity contribution < 1.29 is 12.8 Å². The van der Waals surface area contributed by atoms with Crippen LogP contribution in [-0.2, 0) is 16.3 Å². The van der Waals surface area contributed by atoms with Gasteiger partial charge < -0.3 is 10.6 Å². The predicted octanol–water partition coefficient (Wildman–Crippen LogP) is 3.71. The maximum Gasteiger partial charge on any atom is 0.191 e. The van der Waals surface area contributed by atoms with Gasteiger partial charge in [0.15, 0.2) is 15.8 Å². The van der Waals surface area contributed by atoms with Gasteiger partial charge in [0.05, 0.1) is 11.8 Å². The standard InChI is InChI=1S/C20H26FN3O2S.HI/c1-4-16-9-11-17(12-10-16)15(2)24-20(22-3)23-13-14-27(25,26)19-8-6-5-7-18(19)21;/h5-12,15H,4,13-14H2,1-3H3,(H2,22,23,24);1H. The molecule has 2 N–H and O–H groups in total. The van der Waals surface area contributed by atoms with Crippen LogP contribution in [0.4, 0.5) is 4.39 Å². The van der Waals surface area contributed by atoms with E-state index < -0.39 is 15.7 Å². The molecule has 0 heterocycles. The van der Waals surface area contributed by atoms with Gasteiger partial charge in [-0.15, -0.1) is 24.0 Å². The second-order valence-corrected chi connectivity index (χ2v) is 8.29. The van der Waals surface area contributed by atoms with Crippen molar-refractivity contribution in [1.29, 1.82) is 0 Å². The molecule has 0 fully saturated rings. The summed E-state index contributed by atoms with van der Waals surface area (Å²) >= 11 is 0. The van der Waals surface area contributed by atoms with E-state index in [1.54, 1.807) is 7.05 Å². The molecule has 0 spiro atoms. The first-order chi connectivity index (χ1) is 12.9.